The first-order valence-corrected chi connectivity index (χ1v) is 13.1. The number of carbonyl (C=O) groups excluding carboxylic acids is 1. The topological polar surface area (TPSA) is 70.5 Å². The standard InChI is InChI=1S/C23H34N2O4Si/c1-22(2,3)29-20(26)16-27-19-12-10-9-11-18(19)21-24-14-13-17(25-21)15-28-30(7,8)23(4,5)6/h9-14H,15-16H2,1-8H3. The van der Waals surface area contributed by atoms with Gasteiger partial charge in [0.2, 0.25) is 0 Å². The van der Waals surface area contributed by atoms with Crippen LogP contribution in [-0.2, 0) is 20.6 Å². The summed E-state index contributed by atoms with van der Waals surface area (Å²) in [5.41, 5.74) is 0.976. The Hall–Kier alpha value is -2.25. The molecule has 0 aliphatic heterocycles. The molecule has 1 heterocycles. The van der Waals surface area contributed by atoms with Gasteiger partial charge < -0.3 is 13.9 Å². The van der Waals surface area contributed by atoms with E-state index in [1.54, 1.807) is 12.3 Å². The molecule has 0 aliphatic rings. The Morgan fingerprint density at radius 2 is 1.70 bits per heavy atom. The Kier molecular flexibility index (Phi) is 7.42. The molecule has 0 N–H and O–H groups in total. The van der Waals surface area contributed by atoms with E-state index in [1.165, 1.54) is 0 Å². The van der Waals surface area contributed by atoms with Crippen molar-refractivity contribution in [2.45, 2.75) is 71.9 Å². The Labute approximate surface area is 181 Å². The Morgan fingerprint density at radius 1 is 1.03 bits per heavy atom. The van der Waals surface area contributed by atoms with Gasteiger partial charge >= 0.3 is 5.97 Å². The number of hydrogen-bond acceptors (Lipinski definition) is 6. The number of hydrogen-bond donors (Lipinski definition) is 0. The molecule has 0 amide bonds. The summed E-state index contributed by atoms with van der Waals surface area (Å²) in [6, 6.07) is 9.26. The van der Waals surface area contributed by atoms with Gasteiger partial charge in [-0.15, -0.1) is 0 Å². The zero-order valence-electron chi connectivity index (χ0n) is 19.4. The van der Waals surface area contributed by atoms with Crippen LogP contribution in [-0.4, -0.2) is 36.5 Å². The molecule has 2 aromatic rings. The molecule has 0 saturated carbocycles. The van der Waals surface area contributed by atoms with Crippen LogP contribution in [0.25, 0.3) is 11.4 Å². The number of para-hydroxylation sites is 1. The summed E-state index contributed by atoms with van der Waals surface area (Å²) in [4.78, 5) is 21.1. The van der Waals surface area contributed by atoms with Gasteiger partial charge in [0, 0.05) is 6.20 Å². The molecule has 1 aromatic heterocycles. The van der Waals surface area contributed by atoms with Gasteiger partial charge in [-0.1, -0.05) is 32.9 Å². The summed E-state index contributed by atoms with van der Waals surface area (Å²) in [5, 5.41) is 0.130. The second kappa shape index (κ2) is 9.26. The van der Waals surface area contributed by atoms with Crippen molar-refractivity contribution >= 4 is 14.3 Å². The van der Waals surface area contributed by atoms with E-state index < -0.39 is 19.9 Å². The Morgan fingerprint density at radius 3 is 2.33 bits per heavy atom. The van der Waals surface area contributed by atoms with Crippen molar-refractivity contribution in [1.29, 1.82) is 0 Å². The quantitative estimate of drug-likeness (QED) is 0.433. The highest BCUT2D eigenvalue weighted by Gasteiger charge is 2.37. The lowest BCUT2D eigenvalue weighted by Gasteiger charge is -2.36. The SMILES string of the molecule is CC(C)(C)OC(=O)COc1ccccc1-c1nccc(CO[Si](C)(C)C(C)(C)C)n1. The molecular formula is C23H34N2O4Si. The first-order valence-electron chi connectivity index (χ1n) is 10.2. The molecule has 164 valence electrons. The Bertz CT molecular complexity index is 870. The first-order chi connectivity index (χ1) is 13.8. The number of rotatable bonds is 7. The smallest absolute Gasteiger partial charge is 0.344 e. The van der Waals surface area contributed by atoms with Gasteiger partial charge in [0.1, 0.15) is 11.4 Å². The third-order valence-electron chi connectivity index (χ3n) is 4.99. The molecule has 0 fully saturated rings. The van der Waals surface area contributed by atoms with Crippen molar-refractivity contribution in [2.75, 3.05) is 6.61 Å². The largest absolute Gasteiger partial charge is 0.481 e. The monoisotopic (exact) mass is 430 g/mol. The lowest BCUT2D eigenvalue weighted by molar-refractivity contribution is -0.157. The number of nitrogens with zero attached hydrogens (tertiary/aromatic N) is 2. The zero-order chi connectivity index (χ0) is 22.6. The van der Waals surface area contributed by atoms with Crippen LogP contribution in [0.3, 0.4) is 0 Å². The van der Waals surface area contributed by atoms with Crippen LogP contribution in [0.4, 0.5) is 0 Å². The third-order valence-corrected chi connectivity index (χ3v) is 9.47. The third kappa shape index (κ3) is 6.92. The molecule has 0 bridgehead atoms. The van der Waals surface area contributed by atoms with Gasteiger partial charge in [-0.25, -0.2) is 14.8 Å². The minimum atomic E-state index is -1.88. The maximum absolute atomic E-state index is 12.0. The normalized spacial score (nSPS) is 12.5. The van der Waals surface area contributed by atoms with Crippen LogP contribution in [0.5, 0.6) is 5.75 Å². The minimum Gasteiger partial charge on any atom is -0.481 e. The van der Waals surface area contributed by atoms with E-state index in [0.29, 0.717) is 18.2 Å². The highest BCUT2D eigenvalue weighted by molar-refractivity contribution is 6.74. The van der Waals surface area contributed by atoms with Gasteiger partial charge in [0.15, 0.2) is 20.7 Å². The number of carbonyl (C=O) groups is 1. The van der Waals surface area contributed by atoms with Crippen molar-refractivity contribution in [1.82, 2.24) is 9.97 Å². The van der Waals surface area contributed by atoms with Gasteiger partial charge in [-0.2, -0.15) is 0 Å². The van der Waals surface area contributed by atoms with Crippen molar-refractivity contribution in [3.8, 4) is 17.1 Å². The molecule has 0 spiro atoms. The predicted molar refractivity (Wildman–Crippen MR) is 121 cm³/mol. The van der Waals surface area contributed by atoms with E-state index in [-0.39, 0.29) is 11.6 Å². The fourth-order valence-electron chi connectivity index (χ4n) is 2.36. The summed E-state index contributed by atoms with van der Waals surface area (Å²) in [6.07, 6.45) is 1.72. The van der Waals surface area contributed by atoms with Gasteiger partial charge in [0.25, 0.3) is 0 Å². The van der Waals surface area contributed by atoms with Crippen molar-refractivity contribution in [3.63, 3.8) is 0 Å². The lowest BCUT2D eigenvalue weighted by atomic mass is 10.2. The number of esters is 1. The molecule has 1 aromatic carbocycles. The van der Waals surface area contributed by atoms with E-state index >= 15 is 0 Å². The Balaban J connectivity index is 2.15. The van der Waals surface area contributed by atoms with E-state index in [4.69, 9.17) is 13.9 Å². The van der Waals surface area contributed by atoms with Crippen LogP contribution < -0.4 is 4.74 Å². The zero-order valence-corrected chi connectivity index (χ0v) is 20.4. The van der Waals surface area contributed by atoms with Crippen LogP contribution in [0.15, 0.2) is 36.5 Å². The molecule has 30 heavy (non-hydrogen) atoms. The number of aromatic nitrogens is 2. The van der Waals surface area contributed by atoms with E-state index in [9.17, 15) is 4.79 Å². The fourth-order valence-corrected chi connectivity index (χ4v) is 3.30. The molecule has 0 aliphatic carbocycles. The summed E-state index contributed by atoms with van der Waals surface area (Å²) in [5.74, 6) is 0.645. The average Bonchev–Trinajstić information content (AvgIpc) is 2.63. The molecule has 0 radical (unpaired) electrons. The molecule has 0 unspecified atom stereocenters. The molecule has 7 heteroatoms. The van der Waals surface area contributed by atoms with E-state index in [2.05, 4.69) is 43.8 Å². The predicted octanol–water partition coefficient (Wildman–Crippen LogP) is 5.39. The van der Waals surface area contributed by atoms with Crippen molar-refractivity contribution in [2.24, 2.45) is 0 Å². The number of ether oxygens (including phenoxy) is 2. The summed E-state index contributed by atoms with van der Waals surface area (Å²) >= 11 is 0. The van der Waals surface area contributed by atoms with Crippen LogP contribution in [0.2, 0.25) is 18.1 Å². The second-order valence-electron chi connectivity index (χ2n) is 9.79. The van der Waals surface area contributed by atoms with Gasteiger partial charge in [0.05, 0.1) is 17.9 Å². The first kappa shape index (κ1) is 24.0. The van der Waals surface area contributed by atoms with Crippen molar-refractivity contribution < 1.29 is 18.7 Å². The van der Waals surface area contributed by atoms with E-state index in [0.717, 1.165) is 11.3 Å². The minimum absolute atomic E-state index is 0.130. The maximum atomic E-state index is 12.0. The molecule has 0 atom stereocenters. The summed E-state index contributed by atoms with van der Waals surface area (Å²) in [7, 11) is -1.88. The second-order valence-corrected chi connectivity index (χ2v) is 14.6. The van der Waals surface area contributed by atoms with Crippen LogP contribution in [0, 0.1) is 0 Å². The fraction of sp³-hybridized carbons (Fsp3) is 0.522. The summed E-state index contributed by atoms with van der Waals surface area (Å²) in [6.45, 7) is 16.8. The van der Waals surface area contributed by atoms with Crippen molar-refractivity contribution in [3.05, 3.63) is 42.2 Å². The molecular weight excluding hydrogens is 396 g/mol. The molecule has 0 saturated heterocycles. The van der Waals surface area contributed by atoms with Gasteiger partial charge in [-0.05, 0) is 57.1 Å². The highest BCUT2D eigenvalue weighted by atomic mass is 28.4. The average molecular weight is 431 g/mol. The maximum Gasteiger partial charge on any atom is 0.344 e. The molecule has 6 nitrogen and oxygen atoms in total. The number of benzene rings is 1. The molecule has 2 rings (SSSR count). The summed E-state index contributed by atoms with van der Waals surface area (Å²) < 4.78 is 17.3. The van der Waals surface area contributed by atoms with Gasteiger partial charge in [-0.3, -0.25) is 0 Å². The van der Waals surface area contributed by atoms with Crippen LogP contribution >= 0.6 is 0 Å². The highest BCUT2D eigenvalue weighted by Crippen LogP contribution is 2.37. The van der Waals surface area contributed by atoms with E-state index in [1.807, 2.05) is 45.0 Å². The van der Waals surface area contributed by atoms with Crippen LogP contribution in [0.1, 0.15) is 47.2 Å². The lowest BCUT2D eigenvalue weighted by Crippen LogP contribution is -2.40.